The molecule has 0 radical (unpaired) electrons. The molecule has 0 saturated carbocycles. The van der Waals surface area contributed by atoms with Gasteiger partial charge in [0.25, 0.3) is 0 Å². The summed E-state index contributed by atoms with van der Waals surface area (Å²) in [6.07, 6.45) is 0.809. The van der Waals surface area contributed by atoms with E-state index in [-0.39, 0.29) is 23.6 Å². The highest BCUT2D eigenvalue weighted by atomic mass is 16.5. The molecular formula is C23H29N3O3. The van der Waals surface area contributed by atoms with Gasteiger partial charge in [0.15, 0.2) is 0 Å². The predicted octanol–water partition coefficient (Wildman–Crippen LogP) is 4.56. The first-order valence-electron chi connectivity index (χ1n) is 9.99. The molecule has 0 bridgehead atoms. The first-order chi connectivity index (χ1) is 13.6. The van der Waals surface area contributed by atoms with E-state index in [1.165, 1.54) is 4.80 Å². The van der Waals surface area contributed by atoms with E-state index >= 15 is 0 Å². The first kappa shape index (κ1) is 20.8. The molecule has 1 N–H and O–H groups in total. The molecule has 2 aromatic carbocycles. The highest BCUT2D eigenvalue weighted by Crippen LogP contribution is 2.36. The van der Waals surface area contributed by atoms with Gasteiger partial charge in [-0.05, 0) is 41.5 Å². The highest BCUT2D eigenvalue weighted by Gasteiger charge is 2.23. The lowest BCUT2D eigenvalue weighted by Crippen LogP contribution is -2.15. The lowest BCUT2D eigenvalue weighted by molar-refractivity contribution is -0.144. The lowest BCUT2D eigenvalue weighted by atomic mass is 9.84. The van der Waals surface area contributed by atoms with Crippen molar-refractivity contribution in [1.82, 2.24) is 15.0 Å². The summed E-state index contributed by atoms with van der Waals surface area (Å²) in [5, 5.41) is 20.0. The number of carbonyl (C=O) groups is 1. The number of phenols is 1. The summed E-state index contributed by atoms with van der Waals surface area (Å²) in [5.74, 6) is 0.254. The quantitative estimate of drug-likeness (QED) is 0.619. The number of aryl methyl sites for hydroxylation is 1. The Morgan fingerprint density at radius 1 is 1.14 bits per heavy atom. The van der Waals surface area contributed by atoms with Crippen LogP contribution < -0.4 is 0 Å². The van der Waals surface area contributed by atoms with Crippen LogP contribution in [0, 0.1) is 5.92 Å². The average Bonchev–Trinajstić information content (AvgIpc) is 3.08. The molecule has 0 fully saturated rings. The van der Waals surface area contributed by atoms with Crippen LogP contribution in [0.3, 0.4) is 0 Å². The molecule has 1 heterocycles. The third kappa shape index (κ3) is 4.94. The fourth-order valence-electron chi connectivity index (χ4n) is 3.09. The van der Waals surface area contributed by atoms with Gasteiger partial charge in [0.2, 0.25) is 0 Å². The van der Waals surface area contributed by atoms with Crippen molar-refractivity contribution < 1.29 is 14.6 Å². The number of aromatic nitrogens is 3. The Morgan fingerprint density at radius 2 is 1.76 bits per heavy atom. The summed E-state index contributed by atoms with van der Waals surface area (Å²) in [4.78, 5) is 13.5. The summed E-state index contributed by atoms with van der Waals surface area (Å²) < 4.78 is 5.28. The number of hydrogen-bond acceptors (Lipinski definition) is 5. The first-order valence-corrected chi connectivity index (χ1v) is 9.99. The largest absolute Gasteiger partial charge is 0.505 e. The Balaban J connectivity index is 1.95. The van der Waals surface area contributed by atoms with Crippen molar-refractivity contribution >= 4 is 17.0 Å². The van der Waals surface area contributed by atoms with E-state index in [1.807, 2.05) is 71.0 Å². The Morgan fingerprint density at radius 3 is 2.31 bits per heavy atom. The zero-order valence-corrected chi connectivity index (χ0v) is 17.8. The summed E-state index contributed by atoms with van der Waals surface area (Å²) in [5.41, 5.74) is 3.48. The summed E-state index contributed by atoms with van der Waals surface area (Å²) in [7, 11) is 0. The molecule has 6 heteroatoms. The second kappa shape index (κ2) is 8.23. The maximum Gasteiger partial charge on any atom is 0.306 e. The van der Waals surface area contributed by atoms with Gasteiger partial charge in [-0.3, -0.25) is 4.79 Å². The second-order valence-electron chi connectivity index (χ2n) is 8.82. The van der Waals surface area contributed by atoms with E-state index in [0.717, 1.165) is 22.2 Å². The van der Waals surface area contributed by atoms with Crippen LogP contribution >= 0.6 is 0 Å². The molecule has 0 spiro atoms. The molecule has 154 valence electrons. The molecule has 0 amide bonds. The molecule has 3 rings (SSSR count). The van der Waals surface area contributed by atoms with E-state index < -0.39 is 0 Å². The van der Waals surface area contributed by atoms with Crippen LogP contribution in [-0.2, 0) is 21.4 Å². The normalized spacial score (nSPS) is 11.9. The Hall–Kier alpha value is -2.89. The standard InChI is InChI=1S/C23H29N3O3/c1-15(2)14-29-21(27)11-10-16-12-17(23(3,4)5)22(28)20(13-16)26-24-18-8-6-7-9-19(18)25-26/h6-9,12-13,15,28H,10-11,14H2,1-5H3. The van der Waals surface area contributed by atoms with E-state index in [9.17, 15) is 9.90 Å². The topological polar surface area (TPSA) is 77.2 Å². The number of fused-ring (bicyclic) bond motifs is 1. The van der Waals surface area contributed by atoms with Crippen LogP contribution in [0.5, 0.6) is 5.75 Å². The molecule has 0 atom stereocenters. The number of phenolic OH excluding ortho intramolecular Hbond substituents is 1. The molecular weight excluding hydrogens is 366 g/mol. The summed E-state index contributed by atoms with van der Waals surface area (Å²) in [6.45, 7) is 10.6. The number of aromatic hydroxyl groups is 1. The fraction of sp³-hybridized carbons (Fsp3) is 0.435. The zero-order valence-electron chi connectivity index (χ0n) is 17.8. The van der Waals surface area contributed by atoms with Crippen LogP contribution in [0.15, 0.2) is 36.4 Å². The van der Waals surface area contributed by atoms with Crippen LogP contribution in [0.1, 0.15) is 52.2 Å². The van der Waals surface area contributed by atoms with Crippen LogP contribution in [0.4, 0.5) is 0 Å². The van der Waals surface area contributed by atoms with Crippen molar-refractivity contribution in [3.05, 3.63) is 47.5 Å². The minimum atomic E-state index is -0.278. The molecule has 3 aromatic rings. The van der Waals surface area contributed by atoms with Gasteiger partial charge in [-0.25, -0.2) is 0 Å². The minimum Gasteiger partial charge on any atom is -0.505 e. The van der Waals surface area contributed by atoms with Gasteiger partial charge in [-0.15, -0.1) is 15.0 Å². The third-order valence-electron chi connectivity index (χ3n) is 4.66. The molecule has 0 aliphatic heterocycles. The molecule has 29 heavy (non-hydrogen) atoms. The van der Waals surface area contributed by atoms with Crippen molar-refractivity contribution in [1.29, 1.82) is 0 Å². The predicted molar refractivity (Wildman–Crippen MR) is 113 cm³/mol. The molecule has 0 aliphatic rings. The zero-order chi connectivity index (χ0) is 21.2. The van der Waals surface area contributed by atoms with Crippen LogP contribution in [-0.4, -0.2) is 32.7 Å². The lowest BCUT2D eigenvalue weighted by Gasteiger charge is -2.23. The Bertz CT molecular complexity index is 983. The number of ether oxygens (including phenoxy) is 1. The van der Waals surface area contributed by atoms with Gasteiger partial charge >= 0.3 is 5.97 Å². The van der Waals surface area contributed by atoms with Crippen LogP contribution in [0.2, 0.25) is 0 Å². The van der Waals surface area contributed by atoms with Gasteiger partial charge in [-0.1, -0.05) is 52.8 Å². The fourth-order valence-corrected chi connectivity index (χ4v) is 3.09. The minimum absolute atomic E-state index is 0.156. The van der Waals surface area contributed by atoms with E-state index in [4.69, 9.17) is 4.74 Å². The van der Waals surface area contributed by atoms with Crippen molar-refractivity contribution in [2.24, 2.45) is 5.92 Å². The average molecular weight is 396 g/mol. The maximum absolute atomic E-state index is 12.0. The SMILES string of the molecule is CC(C)COC(=O)CCc1cc(-n2nc3ccccc3n2)c(O)c(C(C)(C)C)c1. The van der Waals surface area contributed by atoms with Gasteiger partial charge in [-0.2, -0.15) is 0 Å². The number of hydrogen-bond donors (Lipinski definition) is 1. The summed E-state index contributed by atoms with van der Waals surface area (Å²) in [6, 6.07) is 11.4. The van der Waals surface area contributed by atoms with E-state index in [2.05, 4.69) is 10.2 Å². The van der Waals surface area contributed by atoms with E-state index in [0.29, 0.717) is 24.6 Å². The highest BCUT2D eigenvalue weighted by molar-refractivity contribution is 5.74. The van der Waals surface area contributed by atoms with Gasteiger partial charge < -0.3 is 9.84 Å². The van der Waals surface area contributed by atoms with Gasteiger partial charge in [0.1, 0.15) is 22.5 Å². The van der Waals surface area contributed by atoms with E-state index in [1.54, 1.807) is 0 Å². The van der Waals surface area contributed by atoms with Gasteiger partial charge in [0, 0.05) is 12.0 Å². The molecule has 0 saturated heterocycles. The molecule has 1 aromatic heterocycles. The second-order valence-corrected chi connectivity index (χ2v) is 8.82. The number of esters is 1. The Kier molecular flexibility index (Phi) is 5.91. The van der Waals surface area contributed by atoms with Crippen LogP contribution in [0.25, 0.3) is 16.7 Å². The van der Waals surface area contributed by atoms with Gasteiger partial charge in [0.05, 0.1) is 6.61 Å². The third-order valence-corrected chi connectivity index (χ3v) is 4.66. The number of carbonyl (C=O) groups excluding carboxylic acids is 1. The number of benzene rings is 2. The molecule has 0 aliphatic carbocycles. The molecule has 0 unspecified atom stereocenters. The van der Waals surface area contributed by atoms with Crippen molar-refractivity contribution in [3.8, 4) is 11.4 Å². The van der Waals surface area contributed by atoms with Crippen molar-refractivity contribution in [2.75, 3.05) is 6.61 Å². The van der Waals surface area contributed by atoms with Crippen molar-refractivity contribution in [2.45, 2.75) is 52.9 Å². The number of nitrogens with zero attached hydrogens (tertiary/aromatic N) is 3. The smallest absolute Gasteiger partial charge is 0.306 e. The number of rotatable bonds is 6. The molecule has 6 nitrogen and oxygen atoms in total. The summed E-state index contributed by atoms with van der Waals surface area (Å²) >= 11 is 0. The monoisotopic (exact) mass is 395 g/mol. The Labute approximate surface area is 171 Å². The maximum atomic E-state index is 12.0. The van der Waals surface area contributed by atoms with Crippen molar-refractivity contribution in [3.63, 3.8) is 0 Å².